The molecular weight excluding hydrogens is 617 g/mol. The van der Waals surface area contributed by atoms with Gasteiger partial charge in [-0.1, -0.05) is 116 Å². The van der Waals surface area contributed by atoms with Crippen LogP contribution in [0, 0.1) is 5.92 Å². The van der Waals surface area contributed by atoms with Crippen molar-refractivity contribution in [3.8, 4) is 0 Å². The number of anilines is 1. The molecule has 0 radical (unpaired) electrons. The Kier molecular flexibility index (Phi) is 11.4. The fourth-order valence-corrected chi connectivity index (χ4v) is 6.55. The average Bonchev–Trinajstić information content (AvgIpc) is 3.03. The molecule has 10 heteroatoms. The van der Waals surface area contributed by atoms with Gasteiger partial charge in [-0.2, -0.15) is 0 Å². The van der Waals surface area contributed by atoms with Crippen molar-refractivity contribution in [2.24, 2.45) is 5.92 Å². The predicted octanol–water partition coefficient (Wildman–Crippen LogP) is 6.60. The number of halogens is 2. The van der Waals surface area contributed by atoms with Crippen molar-refractivity contribution in [1.82, 2.24) is 10.2 Å². The van der Waals surface area contributed by atoms with Crippen molar-refractivity contribution < 1.29 is 18.0 Å². The number of hydrogen-bond acceptors (Lipinski definition) is 4. The third kappa shape index (κ3) is 8.62. The van der Waals surface area contributed by atoms with E-state index in [9.17, 15) is 18.0 Å². The lowest BCUT2D eigenvalue weighted by Gasteiger charge is -2.34. The van der Waals surface area contributed by atoms with E-state index in [2.05, 4.69) is 5.32 Å². The molecule has 2 amide bonds. The maximum atomic E-state index is 14.4. The van der Waals surface area contributed by atoms with Crippen LogP contribution in [0.1, 0.15) is 25.0 Å². The molecule has 4 aromatic carbocycles. The lowest BCUT2D eigenvalue weighted by molar-refractivity contribution is -0.140. The number of benzene rings is 4. The summed E-state index contributed by atoms with van der Waals surface area (Å²) in [7, 11) is -4.28. The second kappa shape index (κ2) is 15.2. The fraction of sp³-hybridized carbons (Fsp3) is 0.235. The number of sulfonamides is 1. The summed E-state index contributed by atoms with van der Waals surface area (Å²) < 4.78 is 29.1. The Labute approximate surface area is 269 Å². The van der Waals surface area contributed by atoms with Crippen LogP contribution in [0.2, 0.25) is 10.0 Å². The van der Waals surface area contributed by atoms with Gasteiger partial charge in [0.1, 0.15) is 12.6 Å². The summed E-state index contributed by atoms with van der Waals surface area (Å²) in [5.41, 5.74) is 1.70. The summed E-state index contributed by atoms with van der Waals surface area (Å²) in [6, 6.07) is 30.0. The lowest BCUT2D eigenvalue weighted by atomic mass is 10.0. The third-order valence-corrected chi connectivity index (χ3v) is 9.27. The van der Waals surface area contributed by atoms with Crippen molar-refractivity contribution in [1.29, 1.82) is 0 Å². The van der Waals surface area contributed by atoms with E-state index in [1.165, 1.54) is 29.2 Å². The highest BCUT2D eigenvalue weighted by atomic mass is 35.5. The maximum Gasteiger partial charge on any atom is 0.264 e. The zero-order valence-corrected chi connectivity index (χ0v) is 26.9. The van der Waals surface area contributed by atoms with Gasteiger partial charge >= 0.3 is 0 Å². The zero-order valence-electron chi connectivity index (χ0n) is 24.6. The molecule has 0 fully saturated rings. The number of nitrogens with one attached hydrogen (secondary N) is 1. The quantitative estimate of drug-likeness (QED) is 0.176. The molecule has 0 heterocycles. The van der Waals surface area contributed by atoms with Gasteiger partial charge in [0.05, 0.1) is 15.6 Å². The van der Waals surface area contributed by atoms with Crippen molar-refractivity contribution in [2.75, 3.05) is 17.4 Å². The third-order valence-electron chi connectivity index (χ3n) is 6.94. The van der Waals surface area contributed by atoms with Gasteiger partial charge in [-0.05, 0) is 47.4 Å². The number of hydrogen-bond donors (Lipinski definition) is 1. The van der Waals surface area contributed by atoms with E-state index in [-0.39, 0.29) is 45.4 Å². The highest BCUT2D eigenvalue weighted by Gasteiger charge is 2.35. The first-order valence-electron chi connectivity index (χ1n) is 14.2. The van der Waals surface area contributed by atoms with Crippen LogP contribution in [0.15, 0.2) is 114 Å². The molecule has 0 saturated heterocycles. The summed E-state index contributed by atoms with van der Waals surface area (Å²) in [6.07, 6.45) is 0.229. The van der Waals surface area contributed by atoms with Crippen LogP contribution in [-0.2, 0) is 32.6 Å². The van der Waals surface area contributed by atoms with Crippen LogP contribution >= 0.6 is 23.2 Å². The Bertz CT molecular complexity index is 1650. The minimum absolute atomic E-state index is 0.0195. The molecule has 4 rings (SSSR count). The average molecular weight is 653 g/mol. The summed E-state index contributed by atoms with van der Waals surface area (Å²) in [6.45, 7) is 3.85. The van der Waals surface area contributed by atoms with Crippen LogP contribution in [-0.4, -0.2) is 44.3 Å². The number of carbonyl (C=O) groups excluding carboxylic acids is 2. The molecule has 0 aromatic heterocycles. The molecule has 0 saturated carbocycles. The van der Waals surface area contributed by atoms with Crippen LogP contribution in [0.3, 0.4) is 0 Å². The van der Waals surface area contributed by atoms with E-state index in [1.807, 2.05) is 74.5 Å². The molecule has 0 aliphatic heterocycles. The molecule has 1 atom stereocenters. The molecule has 0 unspecified atom stereocenters. The Balaban J connectivity index is 1.81. The van der Waals surface area contributed by atoms with Gasteiger partial charge in [-0.3, -0.25) is 13.9 Å². The topological polar surface area (TPSA) is 86.8 Å². The first kappa shape index (κ1) is 33.1. The van der Waals surface area contributed by atoms with Crippen molar-refractivity contribution in [2.45, 2.75) is 37.8 Å². The fourth-order valence-electron chi connectivity index (χ4n) is 4.67. The molecular formula is C34H35Cl2N3O4S. The van der Waals surface area contributed by atoms with Crippen molar-refractivity contribution in [3.05, 3.63) is 130 Å². The SMILES string of the molecule is CC(C)CNC(=O)[C@@H](Cc1ccccc1)N(Cc1ccccc1)C(=O)CN(c1cc(Cl)ccc1Cl)S(=O)(=O)c1ccccc1. The Morgan fingerprint density at radius 3 is 1.95 bits per heavy atom. The summed E-state index contributed by atoms with van der Waals surface area (Å²) >= 11 is 12.8. The summed E-state index contributed by atoms with van der Waals surface area (Å²) in [4.78, 5) is 29.7. The predicted molar refractivity (Wildman–Crippen MR) is 176 cm³/mol. The molecule has 0 bridgehead atoms. The number of rotatable bonds is 13. The van der Waals surface area contributed by atoms with Gasteiger partial charge in [0, 0.05) is 24.5 Å². The van der Waals surface area contributed by atoms with Gasteiger partial charge in [0.15, 0.2) is 0 Å². The van der Waals surface area contributed by atoms with Gasteiger partial charge in [-0.25, -0.2) is 8.42 Å². The Morgan fingerprint density at radius 1 is 0.795 bits per heavy atom. The maximum absolute atomic E-state index is 14.4. The monoisotopic (exact) mass is 651 g/mol. The molecule has 0 aliphatic carbocycles. The normalized spacial score (nSPS) is 12.0. The summed E-state index contributed by atoms with van der Waals surface area (Å²) in [5.74, 6) is -0.721. The molecule has 0 aliphatic rings. The van der Waals surface area contributed by atoms with Crippen LogP contribution < -0.4 is 9.62 Å². The van der Waals surface area contributed by atoms with Gasteiger partial charge in [0.25, 0.3) is 10.0 Å². The molecule has 4 aromatic rings. The molecule has 230 valence electrons. The van der Waals surface area contributed by atoms with Crippen LogP contribution in [0.25, 0.3) is 0 Å². The highest BCUT2D eigenvalue weighted by molar-refractivity contribution is 7.92. The van der Waals surface area contributed by atoms with E-state index < -0.39 is 28.5 Å². The smallest absolute Gasteiger partial charge is 0.264 e. The van der Waals surface area contributed by atoms with E-state index in [4.69, 9.17) is 23.2 Å². The first-order valence-corrected chi connectivity index (χ1v) is 16.4. The number of nitrogens with zero attached hydrogens (tertiary/aromatic N) is 2. The lowest BCUT2D eigenvalue weighted by Crippen LogP contribution is -2.53. The van der Waals surface area contributed by atoms with Gasteiger partial charge < -0.3 is 10.2 Å². The van der Waals surface area contributed by atoms with Crippen molar-refractivity contribution >= 4 is 50.7 Å². The molecule has 44 heavy (non-hydrogen) atoms. The Morgan fingerprint density at radius 2 is 1.36 bits per heavy atom. The first-order chi connectivity index (χ1) is 21.1. The van der Waals surface area contributed by atoms with E-state index in [0.29, 0.717) is 6.54 Å². The standard InChI is InChI=1S/C34H35Cl2N3O4S/c1-25(2)22-37-34(41)32(20-26-12-6-3-7-13-26)38(23-27-14-8-4-9-15-27)33(40)24-39(31-21-28(35)18-19-30(31)36)44(42,43)29-16-10-5-11-17-29/h3-19,21,25,32H,20,22-24H2,1-2H3,(H,37,41)/t32-/m1/s1. The molecule has 1 N–H and O–H groups in total. The van der Waals surface area contributed by atoms with Gasteiger partial charge in [-0.15, -0.1) is 0 Å². The van der Waals surface area contributed by atoms with E-state index in [0.717, 1.165) is 15.4 Å². The van der Waals surface area contributed by atoms with E-state index in [1.54, 1.807) is 24.3 Å². The van der Waals surface area contributed by atoms with Crippen LogP contribution in [0.4, 0.5) is 5.69 Å². The highest BCUT2D eigenvalue weighted by Crippen LogP contribution is 2.33. The second-order valence-electron chi connectivity index (χ2n) is 10.8. The molecule has 7 nitrogen and oxygen atoms in total. The number of amides is 2. The second-order valence-corrected chi connectivity index (χ2v) is 13.5. The van der Waals surface area contributed by atoms with Crippen LogP contribution in [0.5, 0.6) is 0 Å². The van der Waals surface area contributed by atoms with Gasteiger partial charge in [0.2, 0.25) is 11.8 Å². The Hall–Kier alpha value is -3.85. The largest absolute Gasteiger partial charge is 0.354 e. The minimum Gasteiger partial charge on any atom is -0.354 e. The number of carbonyl (C=O) groups is 2. The minimum atomic E-state index is -4.28. The summed E-state index contributed by atoms with van der Waals surface area (Å²) in [5, 5.41) is 3.33. The molecule has 0 spiro atoms. The zero-order chi connectivity index (χ0) is 31.7. The van der Waals surface area contributed by atoms with E-state index >= 15 is 0 Å². The van der Waals surface area contributed by atoms with Crippen molar-refractivity contribution in [3.63, 3.8) is 0 Å².